The number of likely N-dealkylation sites (N-methyl/N-ethyl adjacent to an activating group) is 1. The van der Waals surface area contributed by atoms with Crippen LogP contribution in [0.2, 0.25) is 0 Å². The van der Waals surface area contributed by atoms with Crippen LogP contribution < -0.4 is 15.4 Å². The maximum atomic E-state index is 14.3. The van der Waals surface area contributed by atoms with E-state index in [9.17, 15) is 23.9 Å². The van der Waals surface area contributed by atoms with Gasteiger partial charge >= 0.3 is 6.03 Å². The van der Waals surface area contributed by atoms with E-state index in [4.69, 9.17) is 9.47 Å². The predicted octanol–water partition coefficient (Wildman–Crippen LogP) is 5.97. The normalized spacial score (nSPS) is 19.7. The molecule has 0 aliphatic carbocycles. The van der Waals surface area contributed by atoms with Crippen LogP contribution in [-0.4, -0.2) is 84.4 Å². The molecule has 4 atom stereocenters. The van der Waals surface area contributed by atoms with Crippen molar-refractivity contribution in [3.63, 3.8) is 0 Å². The smallest absolute Gasteiger partial charge is 0.321 e. The Morgan fingerprint density at radius 3 is 2.44 bits per heavy atom. The second-order valence-corrected chi connectivity index (χ2v) is 12.5. The fraction of sp³-hybridized carbons (Fsp3) is 0.432. The minimum atomic E-state index is -0.547. The van der Waals surface area contributed by atoms with Crippen molar-refractivity contribution in [1.29, 1.82) is 0 Å². The summed E-state index contributed by atoms with van der Waals surface area (Å²) in [5.74, 6) is -0.817. The number of halogens is 1. The van der Waals surface area contributed by atoms with Gasteiger partial charge in [-0.2, -0.15) is 0 Å². The maximum absolute atomic E-state index is 14.3. The highest BCUT2D eigenvalue weighted by atomic mass is 19.1. The number of nitrogens with one attached hydrogen (secondary N) is 2. The molecule has 0 saturated carbocycles. The highest BCUT2D eigenvalue weighted by molar-refractivity contribution is 6.00. The van der Waals surface area contributed by atoms with E-state index in [0.717, 1.165) is 24.8 Å². The molecule has 0 saturated heterocycles. The second-order valence-electron chi connectivity index (χ2n) is 12.5. The number of aliphatic hydroxyl groups is 1. The van der Waals surface area contributed by atoms with E-state index in [1.54, 1.807) is 37.1 Å². The number of aliphatic hydroxyl groups excluding tert-OH is 1. The Morgan fingerprint density at radius 2 is 1.73 bits per heavy atom. The number of carbonyl (C=O) groups excluding carboxylic acids is 3. The molecule has 1 aliphatic rings. The van der Waals surface area contributed by atoms with E-state index < -0.39 is 18.0 Å². The number of benzene rings is 3. The van der Waals surface area contributed by atoms with Crippen molar-refractivity contribution < 1.29 is 33.4 Å². The number of hydrogen-bond donors (Lipinski definition) is 3. The minimum Gasteiger partial charge on any atom is -0.490 e. The number of rotatable bonds is 8. The number of anilines is 2. The summed E-state index contributed by atoms with van der Waals surface area (Å²) in [6.45, 7) is 6.30. The summed E-state index contributed by atoms with van der Waals surface area (Å²) in [5.41, 5.74) is 2.07. The first kappa shape index (κ1) is 36.4. The number of ether oxygens (including phenoxy) is 2. The first-order valence-electron chi connectivity index (χ1n) is 16.5. The van der Waals surface area contributed by atoms with Gasteiger partial charge in [-0.3, -0.25) is 9.59 Å². The van der Waals surface area contributed by atoms with Gasteiger partial charge in [-0.25, -0.2) is 9.18 Å². The van der Waals surface area contributed by atoms with Gasteiger partial charge in [-0.15, -0.1) is 0 Å². The highest BCUT2D eigenvalue weighted by Gasteiger charge is 2.31. The van der Waals surface area contributed by atoms with Gasteiger partial charge in [0.25, 0.3) is 5.91 Å². The van der Waals surface area contributed by atoms with Gasteiger partial charge in [0, 0.05) is 44.0 Å². The van der Waals surface area contributed by atoms with E-state index >= 15 is 0 Å². The van der Waals surface area contributed by atoms with Crippen LogP contribution in [0.25, 0.3) is 0 Å². The van der Waals surface area contributed by atoms with Gasteiger partial charge in [0.15, 0.2) is 0 Å². The molecule has 0 bridgehead atoms. The Hall–Kier alpha value is -4.48. The van der Waals surface area contributed by atoms with Crippen molar-refractivity contribution >= 4 is 29.2 Å². The third kappa shape index (κ3) is 10.5. The zero-order valence-electron chi connectivity index (χ0n) is 28.2. The molecule has 1 heterocycles. The summed E-state index contributed by atoms with van der Waals surface area (Å²) in [6.07, 6.45) is 1.88. The van der Waals surface area contributed by atoms with Gasteiger partial charge in [-0.1, -0.05) is 37.3 Å². The molecule has 1 aliphatic heterocycles. The molecule has 258 valence electrons. The van der Waals surface area contributed by atoms with Crippen LogP contribution in [0.4, 0.5) is 20.6 Å². The van der Waals surface area contributed by atoms with Crippen molar-refractivity contribution in [3.8, 4) is 5.75 Å². The van der Waals surface area contributed by atoms with Gasteiger partial charge in [0.2, 0.25) is 5.91 Å². The van der Waals surface area contributed by atoms with Gasteiger partial charge < -0.3 is 35.0 Å². The van der Waals surface area contributed by atoms with Crippen LogP contribution in [0.5, 0.6) is 5.75 Å². The standard InChI is InChI=1S/C37H47FN4O6/c1-25-22-42(26(2)24-43)36(45)32-21-31(39-35(44)20-28-11-6-5-7-12-28)17-18-33(32)48-27(3)10-8-9-19-47-34(25)23-41(4)37(46)40-30-15-13-29(38)14-16-30/h5-7,11-18,21,25-27,34,43H,8-10,19-20,22-24H2,1-4H3,(H,39,44)(H,40,46)/t25-,26-,27-,34-/m0/s1. The lowest BCUT2D eigenvalue weighted by Gasteiger charge is -2.35. The topological polar surface area (TPSA) is 120 Å². The van der Waals surface area contributed by atoms with E-state index in [1.807, 2.05) is 44.2 Å². The highest BCUT2D eigenvalue weighted by Crippen LogP contribution is 2.29. The van der Waals surface area contributed by atoms with Crippen molar-refractivity contribution in [3.05, 3.63) is 89.7 Å². The van der Waals surface area contributed by atoms with E-state index in [0.29, 0.717) is 23.7 Å². The Labute approximate surface area is 282 Å². The molecule has 3 N–H and O–H groups in total. The van der Waals surface area contributed by atoms with Crippen molar-refractivity contribution in [2.45, 2.75) is 64.7 Å². The number of urea groups is 1. The van der Waals surface area contributed by atoms with Crippen molar-refractivity contribution in [2.24, 2.45) is 5.92 Å². The lowest BCUT2D eigenvalue weighted by Crippen LogP contribution is -2.48. The van der Waals surface area contributed by atoms with Crippen LogP contribution in [0.15, 0.2) is 72.8 Å². The average molecular weight is 663 g/mol. The summed E-state index contributed by atoms with van der Waals surface area (Å²) >= 11 is 0. The Balaban J connectivity index is 1.57. The van der Waals surface area contributed by atoms with E-state index in [-0.39, 0.29) is 61.5 Å². The average Bonchev–Trinajstić information content (AvgIpc) is 3.07. The van der Waals surface area contributed by atoms with E-state index in [1.165, 1.54) is 29.2 Å². The molecule has 3 aromatic rings. The maximum Gasteiger partial charge on any atom is 0.321 e. The molecule has 4 rings (SSSR count). The largest absolute Gasteiger partial charge is 0.490 e. The summed E-state index contributed by atoms with van der Waals surface area (Å²) in [7, 11) is 1.66. The van der Waals surface area contributed by atoms with Gasteiger partial charge in [0.05, 0.1) is 36.8 Å². The summed E-state index contributed by atoms with van der Waals surface area (Å²) in [6, 6.07) is 19.1. The fourth-order valence-electron chi connectivity index (χ4n) is 5.55. The van der Waals surface area contributed by atoms with Crippen molar-refractivity contribution in [2.75, 3.05) is 44.0 Å². The Kier molecular flexibility index (Phi) is 13.3. The molecule has 0 fully saturated rings. The molecule has 10 nitrogen and oxygen atoms in total. The first-order valence-corrected chi connectivity index (χ1v) is 16.5. The molecule has 48 heavy (non-hydrogen) atoms. The molecule has 0 spiro atoms. The van der Waals surface area contributed by atoms with E-state index in [2.05, 4.69) is 10.6 Å². The fourth-order valence-corrected chi connectivity index (χ4v) is 5.55. The Bertz CT molecular complexity index is 1510. The number of carbonyl (C=O) groups is 3. The molecule has 0 aromatic heterocycles. The zero-order valence-corrected chi connectivity index (χ0v) is 28.2. The molecule has 0 unspecified atom stereocenters. The lowest BCUT2D eigenvalue weighted by atomic mass is 10.0. The van der Waals surface area contributed by atoms with Crippen molar-refractivity contribution in [1.82, 2.24) is 9.80 Å². The monoisotopic (exact) mass is 662 g/mol. The number of amides is 4. The minimum absolute atomic E-state index is 0.183. The Morgan fingerprint density at radius 1 is 1.02 bits per heavy atom. The SMILES string of the molecule is C[C@H]1CCCCO[C@@H](CN(C)C(=O)Nc2ccc(F)cc2)[C@@H](C)CN([C@@H](C)CO)C(=O)c2cc(NC(=O)Cc3ccccc3)ccc2O1. The van der Waals surface area contributed by atoms with Crippen LogP contribution in [0.1, 0.15) is 56.0 Å². The summed E-state index contributed by atoms with van der Waals surface area (Å²) < 4.78 is 26.0. The van der Waals surface area contributed by atoms with Crippen LogP contribution in [0, 0.1) is 11.7 Å². The number of hydrogen-bond acceptors (Lipinski definition) is 6. The summed E-state index contributed by atoms with van der Waals surface area (Å²) in [4.78, 5) is 43.3. The molecule has 3 aromatic carbocycles. The predicted molar refractivity (Wildman–Crippen MR) is 184 cm³/mol. The quantitative estimate of drug-likeness (QED) is 0.274. The molecule has 0 radical (unpaired) electrons. The third-order valence-electron chi connectivity index (χ3n) is 8.44. The molecular weight excluding hydrogens is 615 g/mol. The number of fused-ring (bicyclic) bond motifs is 1. The first-order chi connectivity index (χ1) is 23.0. The number of nitrogens with zero attached hydrogens (tertiary/aromatic N) is 2. The summed E-state index contributed by atoms with van der Waals surface area (Å²) in [5, 5.41) is 15.9. The lowest BCUT2D eigenvalue weighted by molar-refractivity contribution is -0.115. The van der Waals surface area contributed by atoms with Crippen LogP contribution in [0.3, 0.4) is 0 Å². The zero-order chi connectivity index (χ0) is 34.6. The van der Waals surface area contributed by atoms with Gasteiger partial charge in [-0.05, 0) is 81.1 Å². The second kappa shape index (κ2) is 17.6. The third-order valence-corrected chi connectivity index (χ3v) is 8.44. The molecular formula is C37H47FN4O6. The van der Waals surface area contributed by atoms with Crippen LogP contribution >= 0.6 is 0 Å². The van der Waals surface area contributed by atoms with Gasteiger partial charge in [0.1, 0.15) is 11.6 Å². The van der Waals surface area contributed by atoms with Crippen LogP contribution in [-0.2, 0) is 16.0 Å². The molecule has 4 amide bonds. The molecule has 11 heteroatoms.